The maximum absolute atomic E-state index is 6.02. The Kier molecular flexibility index (Phi) is 5.18. The smallest absolute Gasteiger partial charge is 0.0589 e. The van der Waals surface area contributed by atoms with Crippen LogP contribution in [-0.2, 0) is 4.74 Å². The minimum Gasteiger partial charge on any atom is -0.383 e. The summed E-state index contributed by atoms with van der Waals surface area (Å²) in [6.07, 6.45) is 2.31. The Hall–Kier alpha value is -0.160. The topological polar surface area (TPSA) is 41.7 Å². The average Bonchev–Trinajstić information content (AvgIpc) is 2.29. The predicted molar refractivity (Wildman–Crippen MR) is 67.6 cm³/mol. The summed E-state index contributed by atoms with van der Waals surface area (Å²) >= 11 is 0. The quantitative estimate of drug-likeness (QED) is 0.740. The Morgan fingerprint density at radius 2 is 2.25 bits per heavy atom. The first-order valence-electron chi connectivity index (χ1n) is 6.16. The van der Waals surface area contributed by atoms with Crippen molar-refractivity contribution < 1.29 is 4.74 Å². The fourth-order valence-corrected chi connectivity index (χ4v) is 2.57. The van der Waals surface area contributed by atoms with Gasteiger partial charge in [0.25, 0.3) is 0 Å². The number of nitrogens with zero attached hydrogens (tertiary/aromatic N) is 2. The lowest BCUT2D eigenvalue weighted by atomic mass is 9.82. The van der Waals surface area contributed by atoms with E-state index in [1.54, 1.807) is 7.11 Å². The molecule has 4 heteroatoms. The molecule has 2 atom stereocenters. The van der Waals surface area contributed by atoms with Crippen molar-refractivity contribution in [1.29, 1.82) is 0 Å². The van der Waals surface area contributed by atoms with Gasteiger partial charge in [-0.1, -0.05) is 0 Å². The minimum atomic E-state index is 0.171. The molecule has 0 bridgehead atoms. The number of hydrogen-bond acceptors (Lipinski definition) is 4. The summed E-state index contributed by atoms with van der Waals surface area (Å²) in [6, 6.07) is 0.613. The van der Waals surface area contributed by atoms with Gasteiger partial charge in [-0.25, -0.2) is 0 Å². The number of likely N-dealkylation sites (N-methyl/N-ethyl adjacent to an activating group) is 1. The van der Waals surface area contributed by atoms with Crippen LogP contribution in [0.2, 0.25) is 0 Å². The van der Waals surface area contributed by atoms with Crippen LogP contribution in [0.5, 0.6) is 0 Å². The van der Waals surface area contributed by atoms with E-state index in [0.29, 0.717) is 6.04 Å². The van der Waals surface area contributed by atoms with Crippen LogP contribution in [0.15, 0.2) is 0 Å². The molecule has 16 heavy (non-hydrogen) atoms. The van der Waals surface area contributed by atoms with E-state index in [1.165, 1.54) is 0 Å². The first-order chi connectivity index (χ1) is 7.55. The largest absolute Gasteiger partial charge is 0.383 e. The predicted octanol–water partition coefficient (Wildman–Crippen LogP) is 0.376. The molecule has 0 aromatic heterocycles. The summed E-state index contributed by atoms with van der Waals surface area (Å²) in [4.78, 5) is 4.80. The Morgan fingerprint density at radius 3 is 2.75 bits per heavy atom. The number of rotatable bonds is 5. The lowest BCUT2D eigenvalue weighted by Gasteiger charge is -2.49. The van der Waals surface area contributed by atoms with Crippen LogP contribution >= 0.6 is 0 Å². The van der Waals surface area contributed by atoms with E-state index in [9.17, 15) is 0 Å². The Labute approximate surface area is 99.7 Å². The number of hydrogen-bond donors (Lipinski definition) is 1. The number of ether oxygens (including phenoxy) is 1. The van der Waals surface area contributed by atoms with Crippen LogP contribution in [0.4, 0.5) is 0 Å². The summed E-state index contributed by atoms with van der Waals surface area (Å²) in [7, 11) is 6.12. The number of piperidine rings is 1. The van der Waals surface area contributed by atoms with Gasteiger partial charge in [-0.05, 0) is 40.4 Å². The van der Waals surface area contributed by atoms with E-state index in [0.717, 1.165) is 39.1 Å². The van der Waals surface area contributed by atoms with E-state index in [1.807, 2.05) is 0 Å². The summed E-state index contributed by atoms with van der Waals surface area (Å²) in [5.41, 5.74) is 6.19. The molecule has 0 radical (unpaired) electrons. The third kappa shape index (κ3) is 2.94. The second-order valence-corrected chi connectivity index (χ2v) is 5.13. The van der Waals surface area contributed by atoms with Crippen LogP contribution in [-0.4, -0.2) is 68.8 Å². The van der Waals surface area contributed by atoms with Gasteiger partial charge in [-0.15, -0.1) is 0 Å². The maximum Gasteiger partial charge on any atom is 0.0589 e. The first-order valence-corrected chi connectivity index (χ1v) is 6.16. The molecule has 1 fully saturated rings. The lowest BCUT2D eigenvalue weighted by molar-refractivity contribution is 0.0137. The zero-order valence-electron chi connectivity index (χ0n) is 11.2. The normalized spacial score (nSPS) is 32.2. The van der Waals surface area contributed by atoms with Crippen molar-refractivity contribution in [2.75, 3.05) is 47.4 Å². The monoisotopic (exact) mass is 229 g/mol. The second-order valence-electron chi connectivity index (χ2n) is 5.13. The van der Waals surface area contributed by atoms with E-state index < -0.39 is 0 Å². The molecule has 1 heterocycles. The third-order valence-corrected chi connectivity index (χ3v) is 4.18. The molecule has 2 N–H and O–H groups in total. The molecule has 1 rings (SSSR count). The van der Waals surface area contributed by atoms with Gasteiger partial charge in [0.05, 0.1) is 6.61 Å². The van der Waals surface area contributed by atoms with Crippen molar-refractivity contribution in [3.63, 3.8) is 0 Å². The van der Waals surface area contributed by atoms with Gasteiger partial charge in [-0.2, -0.15) is 0 Å². The molecular weight excluding hydrogens is 202 g/mol. The van der Waals surface area contributed by atoms with E-state index in [-0.39, 0.29) is 5.54 Å². The molecule has 1 aliphatic rings. The third-order valence-electron chi connectivity index (χ3n) is 4.18. The zero-order chi connectivity index (χ0) is 12.2. The molecule has 1 aliphatic heterocycles. The highest BCUT2D eigenvalue weighted by Crippen LogP contribution is 2.29. The van der Waals surface area contributed by atoms with Crippen LogP contribution in [0.3, 0.4) is 0 Å². The number of likely N-dealkylation sites (tertiary alicyclic amines) is 1. The highest BCUT2D eigenvalue weighted by Gasteiger charge is 2.38. The molecule has 1 saturated heterocycles. The van der Waals surface area contributed by atoms with Gasteiger partial charge < -0.3 is 15.4 Å². The van der Waals surface area contributed by atoms with Gasteiger partial charge in [0.1, 0.15) is 0 Å². The summed E-state index contributed by atoms with van der Waals surface area (Å²) < 4.78 is 5.15. The summed E-state index contributed by atoms with van der Waals surface area (Å²) in [5.74, 6) is 0. The molecule has 0 aliphatic carbocycles. The molecule has 0 aromatic rings. The maximum atomic E-state index is 6.02. The van der Waals surface area contributed by atoms with E-state index >= 15 is 0 Å². The Balaban J connectivity index is 2.62. The minimum absolute atomic E-state index is 0.171. The van der Waals surface area contributed by atoms with Crippen molar-refractivity contribution in [3.8, 4) is 0 Å². The van der Waals surface area contributed by atoms with Gasteiger partial charge in [0.15, 0.2) is 0 Å². The van der Waals surface area contributed by atoms with E-state index in [2.05, 4.69) is 30.8 Å². The van der Waals surface area contributed by atoms with Crippen molar-refractivity contribution in [1.82, 2.24) is 9.80 Å². The molecule has 0 amide bonds. The van der Waals surface area contributed by atoms with Gasteiger partial charge >= 0.3 is 0 Å². The zero-order valence-corrected chi connectivity index (χ0v) is 11.2. The molecule has 0 aromatic carbocycles. The van der Waals surface area contributed by atoms with Gasteiger partial charge in [-0.3, -0.25) is 4.90 Å². The van der Waals surface area contributed by atoms with Gasteiger partial charge in [0, 0.05) is 31.8 Å². The fraction of sp³-hybridized carbons (Fsp3) is 1.00. The average molecular weight is 229 g/mol. The van der Waals surface area contributed by atoms with Crippen LogP contribution < -0.4 is 5.73 Å². The summed E-state index contributed by atoms with van der Waals surface area (Å²) in [6.45, 7) is 5.90. The highest BCUT2D eigenvalue weighted by molar-refractivity contribution is 4.97. The second kappa shape index (κ2) is 5.96. The van der Waals surface area contributed by atoms with Gasteiger partial charge in [0.2, 0.25) is 0 Å². The van der Waals surface area contributed by atoms with Crippen molar-refractivity contribution >= 4 is 0 Å². The number of methoxy groups -OCH3 is 1. The number of nitrogens with two attached hydrogens (primary N) is 1. The molecular formula is C12H27N3O. The molecule has 0 spiro atoms. The molecule has 0 saturated carbocycles. The van der Waals surface area contributed by atoms with Crippen LogP contribution in [0.25, 0.3) is 0 Å². The fourth-order valence-electron chi connectivity index (χ4n) is 2.57. The van der Waals surface area contributed by atoms with Crippen molar-refractivity contribution in [2.24, 2.45) is 5.73 Å². The van der Waals surface area contributed by atoms with Crippen molar-refractivity contribution in [2.45, 2.75) is 31.3 Å². The molecule has 96 valence electrons. The van der Waals surface area contributed by atoms with Crippen LogP contribution in [0.1, 0.15) is 19.8 Å². The molecule has 4 nitrogen and oxygen atoms in total. The SMILES string of the molecule is COCCN(C)C1(CN)CCN(C)C(C)C1. The first kappa shape index (κ1) is 13.9. The molecule has 2 unspecified atom stereocenters. The van der Waals surface area contributed by atoms with Crippen LogP contribution in [0, 0.1) is 0 Å². The Bertz CT molecular complexity index is 212. The Morgan fingerprint density at radius 1 is 1.56 bits per heavy atom. The lowest BCUT2D eigenvalue weighted by Crippen LogP contribution is -2.60. The highest BCUT2D eigenvalue weighted by atomic mass is 16.5. The standard InChI is InChI=1S/C12H27N3O/c1-11-9-12(10-13,5-6-14(11)2)15(3)7-8-16-4/h11H,5-10,13H2,1-4H3. The van der Waals surface area contributed by atoms with E-state index in [4.69, 9.17) is 10.5 Å². The summed E-state index contributed by atoms with van der Waals surface area (Å²) in [5, 5.41) is 0. The van der Waals surface area contributed by atoms with Crippen molar-refractivity contribution in [3.05, 3.63) is 0 Å².